The first-order chi connectivity index (χ1) is 14.8. The highest BCUT2D eigenvalue weighted by molar-refractivity contribution is 7.89. The van der Waals surface area contributed by atoms with Gasteiger partial charge in [0.1, 0.15) is 0 Å². The van der Waals surface area contributed by atoms with Gasteiger partial charge in [0.2, 0.25) is 10.0 Å². The highest BCUT2D eigenvalue weighted by atomic mass is 32.2. The summed E-state index contributed by atoms with van der Waals surface area (Å²) in [6.07, 6.45) is 1.70. The molecule has 174 valence electrons. The molecule has 0 aliphatic carbocycles. The SMILES string of the molecule is CC1CN(S(=O)(=O)c2ccc(C(=O)NCCCCN3CCN(C)CC3)cc2)CC(C)O1. The molecule has 2 aliphatic heterocycles. The minimum absolute atomic E-state index is 0.139. The third-order valence-corrected chi connectivity index (χ3v) is 7.77. The molecule has 2 heterocycles. The van der Waals surface area contributed by atoms with E-state index in [-0.39, 0.29) is 23.0 Å². The lowest BCUT2D eigenvalue weighted by Crippen LogP contribution is -2.48. The summed E-state index contributed by atoms with van der Waals surface area (Å²) in [5, 5.41) is 2.93. The van der Waals surface area contributed by atoms with Gasteiger partial charge >= 0.3 is 0 Å². The Morgan fingerprint density at radius 3 is 2.26 bits per heavy atom. The molecule has 0 bridgehead atoms. The van der Waals surface area contributed by atoms with Gasteiger partial charge in [0.15, 0.2) is 0 Å². The first kappa shape index (κ1) is 24.1. The normalized spacial score (nSPS) is 24.2. The Labute approximate surface area is 186 Å². The van der Waals surface area contributed by atoms with E-state index >= 15 is 0 Å². The predicted molar refractivity (Wildman–Crippen MR) is 121 cm³/mol. The van der Waals surface area contributed by atoms with Gasteiger partial charge in [-0.05, 0) is 64.5 Å². The summed E-state index contributed by atoms with van der Waals surface area (Å²) in [6, 6.07) is 6.20. The molecule has 2 unspecified atom stereocenters. The van der Waals surface area contributed by atoms with Gasteiger partial charge in [-0.2, -0.15) is 4.31 Å². The molecule has 0 radical (unpaired) electrons. The molecule has 8 nitrogen and oxygen atoms in total. The highest BCUT2D eigenvalue weighted by Crippen LogP contribution is 2.21. The van der Waals surface area contributed by atoms with Crippen LogP contribution in [-0.4, -0.2) is 100 Å². The number of likely N-dealkylation sites (N-methyl/N-ethyl adjacent to an activating group) is 1. The van der Waals surface area contributed by atoms with Gasteiger partial charge < -0.3 is 19.9 Å². The van der Waals surface area contributed by atoms with Gasteiger partial charge in [-0.1, -0.05) is 0 Å². The van der Waals surface area contributed by atoms with Crippen LogP contribution >= 0.6 is 0 Å². The van der Waals surface area contributed by atoms with Crippen LogP contribution in [0.1, 0.15) is 37.0 Å². The first-order valence-corrected chi connectivity index (χ1v) is 12.6. The number of carbonyl (C=O) groups is 1. The number of benzene rings is 1. The number of hydrogen-bond donors (Lipinski definition) is 1. The predicted octanol–water partition coefficient (Wildman–Crippen LogP) is 1.24. The zero-order chi connectivity index (χ0) is 22.4. The molecule has 2 fully saturated rings. The van der Waals surface area contributed by atoms with E-state index in [0.717, 1.165) is 45.6 Å². The number of ether oxygens (including phenoxy) is 1. The molecule has 2 aliphatic rings. The van der Waals surface area contributed by atoms with Crippen LogP contribution in [0.3, 0.4) is 0 Å². The van der Waals surface area contributed by atoms with Crippen LogP contribution in [0.25, 0.3) is 0 Å². The molecule has 0 spiro atoms. The molecule has 3 rings (SSSR count). The number of morpholine rings is 1. The van der Waals surface area contributed by atoms with E-state index in [1.165, 1.54) is 16.4 Å². The van der Waals surface area contributed by atoms with Crippen molar-refractivity contribution in [2.45, 2.75) is 43.8 Å². The Bertz CT molecular complexity index is 812. The minimum Gasteiger partial charge on any atom is -0.373 e. The van der Waals surface area contributed by atoms with Crippen molar-refractivity contribution in [3.05, 3.63) is 29.8 Å². The Kier molecular flexibility index (Phi) is 8.46. The molecular weight excluding hydrogens is 416 g/mol. The highest BCUT2D eigenvalue weighted by Gasteiger charge is 2.32. The van der Waals surface area contributed by atoms with Crippen LogP contribution in [-0.2, 0) is 14.8 Å². The van der Waals surface area contributed by atoms with Crippen LogP contribution in [0.2, 0.25) is 0 Å². The van der Waals surface area contributed by atoms with E-state index < -0.39 is 10.0 Å². The standard InChI is InChI=1S/C22H36N4O4S/c1-18-16-26(17-19(2)30-18)31(28,29)21-8-6-20(7-9-21)22(27)23-10-4-5-11-25-14-12-24(3)13-15-25/h6-9,18-19H,4-5,10-17H2,1-3H3,(H,23,27). The Morgan fingerprint density at radius 2 is 1.65 bits per heavy atom. The second kappa shape index (κ2) is 10.9. The van der Waals surface area contributed by atoms with E-state index in [4.69, 9.17) is 4.74 Å². The molecule has 2 saturated heterocycles. The van der Waals surface area contributed by atoms with Crippen molar-refractivity contribution in [1.29, 1.82) is 0 Å². The van der Waals surface area contributed by atoms with Crippen molar-refractivity contribution in [2.24, 2.45) is 0 Å². The van der Waals surface area contributed by atoms with Crippen molar-refractivity contribution in [3.8, 4) is 0 Å². The summed E-state index contributed by atoms with van der Waals surface area (Å²) in [5.74, 6) is -0.169. The van der Waals surface area contributed by atoms with Gasteiger partial charge in [0.05, 0.1) is 17.1 Å². The number of amides is 1. The Hall–Kier alpha value is -1.52. The lowest BCUT2D eigenvalue weighted by atomic mass is 10.2. The molecular formula is C22H36N4O4S. The van der Waals surface area contributed by atoms with Gasteiger partial charge in [0, 0.05) is 51.4 Å². The summed E-state index contributed by atoms with van der Waals surface area (Å²) in [4.78, 5) is 17.4. The maximum atomic E-state index is 12.9. The first-order valence-electron chi connectivity index (χ1n) is 11.2. The van der Waals surface area contributed by atoms with Crippen molar-refractivity contribution < 1.29 is 17.9 Å². The summed E-state index contributed by atoms with van der Waals surface area (Å²) in [7, 11) is -1.44. The van der Waals surface area contributed by atoms with Crippen LogP contribution < -0.4 is 5.32 Å². The third kappa shape index (κ3) is 6.73. The fourth-order valence-corrected chi connectivity index (χ4v) is 5.68. The maximum Gasteiger partial charge on any atom is 0.251 e. The summed E-state index contributed by atoms with van der Waals surface area (Å²) in [5.41, 5.74) is 0.474. The Morgan fingerprint density at radius 1 is 1.03 bits per heavy atom. The zero-order valence-corrected chi connectivity index (χ0v) is 19.7. The number of carbonyl (C=O) groups excluding carboxylic acids is 1. The third-order valence-electron chi connectivity index (χ3n) is 5.92. The minimum atomic E-state index is -3.59. The molecule has 2 atom stereocenters. The largest absolute Gasteiger partial charge is 0.373 e. The lowest BCUT2D eigenvalue weighted by molar-refractivity contribution is -0.0440. The van der Waals surface area contributed by atoms with Gasteiger partial charge in [-0.25, -0.2) is 8.42 Å². The van der Waals surface area contributed by atoms with Crippen molar-refractivity contribution >= 4 is 15.9 Å². The monoisotopic (exact) mass is 452 g/mol. The number of piperazine rings is 1. The molecule has 1 N–H and O–H groups in total. The van der Waals surface area contributed by atoms with Crippen LogP contribution in [0.5, 0.6) is 0 Å². The van der Waals surface area contributed by atoms with Crippen molar-refractivity contribution in [3.63, 3.8) is 0 Å². The second-order valence-corrected chi connectivity index (χ2v) is 10.6. The Balaban J connectivity index is 1.44. The topological polar surface area (TPSA) is 82.2 Å². The zero-order valence-electron chi connectivity index (χ0n) is 18.9. The summed E-state index contributed by atoms with van der Waals surface area (Å²) < 4.78 is 32.9. The average molecular weight is 453 g/mol. The molecule has 1 aromatic rings. The maximum absolute atomic E-state index is 12.9. The number of hydrogen-bond acceptors (Lipinski definition) is 6. The van der Waals surface area contributed by atoms with Crippen LogP contribution in [0.4, 0.5) is 0 Å². The molecule has 0 saturated carbocycles. The summed E-state index contributed by atoms with van der Waals surface area (Å²) in [6.45, 7) is 10.6. The molecule has 31 heavy (non-hydrogen) atoms. The van der Waals surface area contributed by atoms with Crippen molar-refractivity contribution in [2.75, 3.05) is 59.4 Å². The number of unbranched alkanes of at least 4 members (excludes halogenated alkanes) is 1. The van der Waals surface area contributed by atoms with Gasteiger partial charge in [0.25, 0.3) is 5.91 Å². The van der Waals surface area contributed by atoms with Crippen LogP contribution in [0.15, 0.2) is 29.2 Å². The number of sulfonamides is 1. The molecule has 1 amide bonds. The van der Waals surface area contributed by atoms with E-state index in [2.05, 4.69) is 22.2 Å². The van der Waals surface area contributed by atoms with E-state index in [9.17, 15) is 13.2 Å². The smallest absolute Gasteiger partial charge is 0.251 e. The van der Waals surface area contributed by atoms with E-state index in [1.807, 2.05) is 13.8 Å². The van der Waals surface area contributed by atoms with Gasteiger partial charge in [-0.3, -0.25) is 4.79 Å². The summed E-state index contributed by atoms with van der Waals surface area (Å²) >= 11 is 0. The van der Waals surface area contributed by atoms with E-state index in [1.54, 1.807) is 12.1 Å². The van der Waals surface area contributed by atoms with Gasteiger partial charge in [-0.15, -0.1) is 0 Å². The average Bonchev–Trinajstić information content (AvgIpc) is 2.74. The fraction of sp³-hybridized carbons (Fsp3) is 0.682. The number of nitrogens with zero attached hydrogens (tertiary/aromatic N) is 3. The number of nitrogens with one attached hydrogen (secondary N) is 1. The quantitative estimate of drug-likeness (QED) is 0.598. The van der Waals surface area contributed by atoms with Crippen molar-refractivity contribution in [1.82, 2.24) is 19.4 Å². The molecule has 1 aromatic carbocycles. The lowest BCUT2D eigenvalue weighted by Gasteiger charge is -2.34. The fourth-order valence-electron chi connectivity index (χ4n) is 4.09. The number of rotatable bonds is 8. The second-order valence-electron chi connectivity index (χ2n) is 8.71. The van der Waals surface area contributed by atoms with Crippen LogP contribution in [0, 0.1) is 0 Å². The molecule has 0 aromatic heterocycles. The van der Waals surface area contributed by atoms with E-state index in [0.29, 0.717) is 25.2 Å². The molecule has 9 heteroatoms.